The van der Waals surface area contributed by atoms with Gasteiger partial charge < -0.3 is 9.80 Å². The molecule has 0 amide bonds. The molecule has 0 aromatic heterocycles. The zero-order chi connectivity index (χ0) is 41.9. The number of allylic oxidation sites excluding steroid dienone is 14. The van der Waals surface area contributed by atoms with Crippen LogP contribution in [0, 0.1) is 52.3 Å². The molecule has 6 aromatic rings. The summed E-state index contributed by atoms with van der Waals surface area (Å²) >= 11 is 0. The standard InChI is InChI=1S/C58H48N4/c1-4-36-29-54(61(42-17-13-35(33-59)14-18-42)43-19-15-37-9-5-7-11-39(37)27-43)50-32-52-55-41(25-26-58(52,2)3)30-53(48-24-23-46(36)56(50)57(48)55)62(45-21-22-47-49(31-45)51(47)34-60)44-20-16-38-10-6-8-12-40(38)28-44/h5-13,15-24,27,29-32,35,40,47,49,51H,4,14,25-26,28H2,1-3H3/t35?,40?,47?,49-,51?/m0/s1. The molecule has 0 radical (unpaired) electrons. The zero-order valence-electron chi connectivity index (χ0n) is 35.6. The van der Waals surface area contributed by atoms with Gasteiger partial charge in [-0.25, -0.2) is 0 Å². The third kappa shape index (κ3) is 5.56. The van der Waals surface area contributed by atoms with E-state index in [9.17, 15) is 10.5 Å². The molecule has 0 spiro atoms. The van der Waals surface area contributed by atoms with Gasteiger partial charge >= 0.3 is 0 Å². The molecule has 62 heavy (non-hydrogen) atoms. The van der Waals surface area contributed by atoms with Crippen molar-refractivity contribution in [3.8, 4) is 12.1 Å². The van der Waals surface area contributed by atoms with Crippen molar-refractivity contribution in [2.75, 3.05) is 9.80 Å². The molecule has 0 bridgehead atoms. The largest absolute Gasteiger partial charge is 0.314 e. The van der Waals surface area contributed by atoms with Crippen molar-refractivity contribution in [1.82, 2.24) is 0 Å². The van der Waals surface area contributed by atoms with E-state index in [-0.39, 0.29) is 23.2 Å². The summed E-state index contributed by atoms with van der Waals surface area (Å²) in [4.78, 5) is 5.03. The second kappa shape index (κ2) is 13.8. The Morgan fingerprint density at radius 1 is 0.726 bits per heavy atom. The molecule has 6 aliphatic rings. The maximum absolute atomic E-state index is 10.0. The maximum atomic E-state index is 10.0. The van der Waals surface area contributed by atoms with Gasteiger partial charge in [0.1, 0.15) is 0 Å². The lowest BCUT2D eigenvalue weighted by atomic mass is 9.70. The Morgan fingerprint density at radius 3 is 2.39 bits per heavy atom. The minimum absolute atomic E-state index is 0.0324. The highest BCUT2D eigenvalue weighted by molar-refractivity contribution is 6.30. The third-order valence-electron chi connectivity index (χ3n) is 15.0. The topological polar surface area (TPSA) is 54.1 Å². The fourth-order valence-corrected chi connectivity index (χ4v) is 11.5. The number of nitrogens with zero attached hydrogens (tertiary/aromatic N) is 4. The highest BCUT2D eigenvalue weighted by atomic mass is 15.2. The Morgan fingerprint density at radius 2 is 1.56 bits per heavy atom. The first-order valence-corrected chi connectivity index (χ1v) is 22.6. The second-order valence-electron chi connectivity index (χ2n) is 18.9. The Labute approximate surface area is 364 Å². The van der Waals surface area contributed by atoms with Gasteiger partial charge in [0.25, 0.3) is 0 Å². The van der Waals surface area contributed by atoms with Gasteiger partial charge in [-0.1, -0.05) is 118 Å². The van der Waals surface area contributed by atoms with Crippen LogP contribution in [0.4, 0.5) is 17.1 Å². The van der Waals surface area contributed by atoms with Crippen LogP contribution >= 0.6 is 0 Å². The van der Waals surface area contributed by atoms with E-state index in [4.69, 9.17) is 0 Å². The minimum atomic E-state index is -0.132. The van der Waals surface area contributed by atoms with Crippen LogP contribution in [-0.2, 0) is 18.3 Å². The first kappa shape index (κ1) is 36.9. The predicted molar refractivity (Wildman–Crippen MR) is 256 cm³/mol. The number of rotatable bonds is 7. The van der Waals surface area contributed by atoms with Crippen molar-refractivity contribution in [2.24, 2.45) is 29.6 Å². The average molecular weight is 801 g/mol. The number of benzene rings is 6. The molecule has 4 heteroatoms. The summed E-state index contributed by atoms with van der Waals surface area (Å²) in [6, 6.07) is 32.9. The van der Waals surface area contributed by atoms with Crippen molar-refractivity contribution in [3.05, 3.63) is 185 Å². The molecule has 4 nitrogen and oxygen atoms in total. The van der Waals surface area contributed by atoms with Gasteiger partial charge in [0, 0.05) is 56.7 Å². The lowest BCUT2D eigenvalue weighted by Gasteiger charge is -2.38. The summed E-state index contributed by atoms with van der Waals surface area (Å²) < 4.78 is 0. The van der Waals surface area contributed by atoms with Gasteiger partial charge in [-0.05, 0) is 135 Å². The lowest BCUT2D eigenvalue weighted by Crippen LogP contribution is -2.27. The van der Waals surface area contributed by atoms with E-state index in [2.05, 4.69) is 188 Å². The molecule has 6 aromatic carbocycles. The van der Waals surface area contributed by atoms with Crippen LogP contribution < -0.4 is 9.80 Å². The van der Waals surface area contributed by atoms with Crippen LogP contribution in [0.15, 0.2) is 168 Å². The fraction of sp³-hybridized carbons (Fsp3) is 0.241. The molecule has 1 saturated carbocycles. The van der Waals surface area contributed by atoms with Crippen molar-refractivity contribution < 1.29 is 0 Å². The summed E-state index contributed by atoms with van der Waals surface area (Å²) in [7, 11) is 0. The number of nitriles is 2. The van der Waals surface area contributed by atoms with Gasteiger partial charge in [0.05, 0.1) is 35.3 Å². The van der Waals surface area contributed by atoms with E-state index in [1.807, 2.05) is 0 Å². The number of aryl methyl sites for hydroxylation is 2. The summed E-state index contributed by atoms with van der Waals surface area (Å²) in [6.07, 6.45) is 31.6. The first-order chi connectivity index (χ1) is 30.3. The van der Waals surface area contributed by atoms with E-state index in [1.54, 1.807) is 0 Å². The van der Waals surface area contributed by atoms with Crippen molar-refractivity contribution >= 4 is 60.2 Å². The Hall–Kier alpha value is -6.88. The normalized spacial score (nSPS) is 23.9. The number of hydrogen-bond acceptors (Lipinski definition) is 4. The second-order valence-corrected chi connectivity index (χ2v) is 18.9. The van der Waals surface area contributed by atoms with Crippen LogP contribution in [0.3, 0.4) is 0 Å². The van der Waals surface area contributed by atoms with Crippen molar-refractivity contribution in [3.63, 3.8) is 0 Å². The summed E-state index contributed by atoms with van der Waals surface area (Å²) in [5, 5.41) is 30.3. The van der Waals surface area contributed by atoms with E-state index in [1.165, 1.54) is 88.1 Å². The Balaban J connectivity index is 1.16. The lowest BCUT2D eigenvalue weighted by molar-refractivity contribution is 0.475. The molecule has 6 aliphatic carbocycles. The molecule has 300 valence electrons. The molecule has 0 saturated heterocycles. The summed E-state index contributed by atoms with van der Waals surface area (Å²) in [5.74, 6) is 0.805. The van der Waals surface area contributed by atoms with Gasteiger partial charge in [-0.2, -0.15) is 10.5 Å². The molecule has 1 fully saturated rings. The van der Waals surface area contributed by atoms with Crippen LogP contribution in [0.25, 0.3) is 43.1 Å². The number of anilines is 3. The average Bonchev–Trinajstić information content (AvgIpc) is 4.03. The fourth-order valence-electron chi connectivity index (χ4n) is 11.5. The van der Waals surface area contributed by atoms with Gasteiger partial charge in [0.2, 0.25) is 0 Å². The molecular formula is C58H48N4. The van der Waals surface area contributed by atoms with Crippen LogP contribution in [-0.4, -0.2) is 0 Å². The highest BCUT2D eigenvalue weighted by Crippen LogP contribution is 2.55. The van der Waals surface area contributed by atoms with Gasteiger partial charge in [-0.15, -0.1) is 0 Å². The summed E-state index contributed by atoms with van der Waals surface area (Å²) in [5.41, 5.74) is 12.6. The van der Waals surface area contributed by atoms with Crippen LogP contribution in [0.1, 0.15) is 56.7 Å². The monoisotopic (exact) mass is 800 g/mol. The first-order valence-electron chi connectivity index (χ1n) is 22.6. The molecular weight excluding hydrogens is 753 g/mol. The zero-order valence-corrected chi connectivity index (χ0v) is 35.6. The Bertz CT molecular complexity index is 3270. The Kier molecular flexibility index (Phi) is 8.23. The van der Waals surface area contributed by atoms with Crippen LogP contribution in [0.5, 0.6) is 0 Å². The molecule has 4 unspecified atom stereocenters. The van der Waals surface area contributed by atoms with E-state index < -0.39 is 0 Å². The smallest absolute Gasteiger partial charge is 0.0700 e. The van der Waals surface area contributed by atoms with Crippen molar-refractivity contribution in [2.45, 2.75) is 58.3 Å². The summed E-state index contributed by atoms with van der Waals surface area (Å²) in [6.45, 7) is 7.16. The third-order valence-corrected chi connectivity index (χ3v) is 15.0. The maximum Gasteiger partial charge on any atom is 0.0700 e. The SMILES string of the molecule is CCc1cc(N(C2=CCC(C#N)C=C2)c2ccc3ccccc3c2)c2cc3c4c(cc(N(C5=C[C@@H]6C(C#N)C6C=C5)C5=CC=C6C=CC=CC6C5)c5ccc1c2c54)CCC3(C)C. The highest BCUT2D eigenvalue weighted by Gasteiger charge is 2.49. The van der Waals surface area contributed by atoms with E-state index in [0.717, 1.165) is 37.1 Å². The predicted octanol–water partition coefficient (Wildman–Crippen LogP) is 14.2. The quantitative estimate of drug-likeness (QED) is 0.151. The minimum Gasteiger partial charge on any atom is -0.314 e. The van der Waals surface area contributed by atoms with Gasteiger partial charge in [0.15, 0.2) is 0 Å². The van der Waals surface area contributed by atoms with Crippen molar-refractivity contribution in [1.29, 1.82) is 10.5 Å². The molecule has 0 aliphatic heterocycles. The molecule has 0 N–H and O–H groups in total. The molecule has 12 rings (SSSR count). The number of hydrogen-bond donors (Lipinski definition) is 0. The van der Waals surface area contributed by atoms with Gasteiger partial charge in [-0.3, -0.25) is 0 Å². The van der Waals surface area contributed by atoms with E-state index >= 15 is 0 Å². The number of fused-ring (bicyclic) bond motifs is 3. The molecule has 0 heterocycles. The van der Waals surface area contributed by atoms with Crippen LogP contribution in [0.2, 0.25) is 0 Å². The molecule has 5 atom stereocenters. The van der Waals surface area contributed by atoms with E-state index in [0.29, 0.717) is 18.3 Å².